The molecule has 4 heteroatoms. The van der Waals surface area contributed by atoms with Gasteiger partial charge in [-0.3, -0.25) is 4.79 Å². The Morgan fingerprint density at radius 1 is 0.800 bits per heavy atom. The number of rotatable bonds is 7. The zero-order valence-corrected chi connectivity index (χ0v) is 17.6. The van der Waals surface area contributed by atoms with Gasteiger partial charge in [0.25, 0.3) is 0 Å². The highest BCUT2D eigenvalue weighted by Crippen LogP contribution is 2.36. The zero-order chi connectivity index (χ0) is 20.8. The molecule has 0 bridgehead atoms. The predicted molar refractivity (Wildman–Crippen MR) is 125 cm³/mol. The second kappa shape index (κ2) is 9.42. The minimum Gasteiger partial charge on any atom is -0.469 e. The molecule has 3 nitrogen and oxygen atoms in total. The maximum Gasteiger partial charge on any atom is 0.305 e. The van der Waals surface area contributed by atoms with Crippen molar-refractivity contribution in [3.63, 3.8) is 0 Å². The van der Waals surface area contributed by atoms with Gasteiger partial charge >= 0.3 is 5.97 Å². The number of esters is 1. The molecule has 0 aliphatic rings. The van der Waals surface area contributed by atoms with Crippen molar-refractivity contribution in [2.24, 2.45) is 0 Å². The van der Waals surface area contributed by atoms with Crippen LogP contribution >= 0.6 is 11.3 Å². The van der Waals surface area contributed by atoms with E-state index >= 15 is 0 Å². The van der Waals surface area contributed by atoms with Crippen LogP contribution in [0.3, 0.4) is 0 Å². The van der Waals surface area contributed by atoms with Crippen molar-refractivity contribution in [3.8, 4) is 10.4 Å². The number of hydrogen-bond donors (Lipinski definition) is 0. The molecule has 0 aliphatic carbocycles. The van der Waals surface area contributed by atoms with Crippen molar-refractivity contribution >= 4 is 34.4 Å². The number of carbonyl (C=O) groups is 1. The number of para-hydroxylation sites is 1. The first-order valence-corrected chi connectivity index (χ1v) is 10.8. The van der Waals surface area contributed by atoms with Gasteiger partial charge in [0.15, 0.2) is 0 Å². The summed E-state index contributed by atoms with van der Waals surface area (Å²) >= 11 is 1.75. The molecular weight excluding hydrogens is 390 g/mol. The normalized spacial score (nSPS) is 10.6. The molecule has 3 aromatic carbocycles. The molecule has 0 amide bonds. The molecule has 4 rings (SSSR count). The maximum absolute atomic E-state index is 11.4. The van der Waals surface area contributed by atoms with E-state index in [1.165, 1.54) is 17.6 Å². The number of nitrogens with zero attached hydrogens (tertiary/aromatic N) is 1. The van der Waals surface area contributed by atoms with Gasteiger partial charge in [0, 0.05) is 28.4 Å². The fourth-order valence-electron chi connectivity index (χ4n) is 3.40. The lowest BCUT2D eigenvalue weighted by Crippen LogP contribution is -2.10. The summed E-state index contributed by atoms with van der Waals surface area (Å²) in [5.74, 6) is -0.184. The highest BCUT2D eigenvalue weighted by atomic mass is 32.1. The largest absolute Gasteiger partial charge is 0.469 e. The Bertz CT molecular complexity index is 1070. The zero-order valence-electron chi connectivity index (χ0n) is 16.8. The summed E-state index contributed by atoms with van der Waals surface area (Å²) in [5, 5.41) is 2.10. The van der Waals surface area contributed by atoms with Crippen LogP contribution < -0.4 is 4.90 Å². The second-order valence-electron chi connectivity index (χ2n) is 6.94. The van der Waals surface area contributed by atoms with E-state index in [0.717, 1.165) is 22.6 Å². The summed E-state index contributed by atoms with van der Waals surface area (Å²) in [6.07, 6.45) is 1.07. The third kappa shape index (κ3) is 4.61. The lowest BCUT2D eigenvalue weighted by molar-refractivity contribution is -0.140. The van der Waals surface area contributed by atoms with Crippen LogP contribution in [0.25, 0.3) is 10.4 Å². The van der Waals surface area contributed by atoms with Crippen LogP contribution in [-0.2, 0) is 16.0 Å². The Morgan fingerprint density at radius 3 is 2.03 bits per heavy atom. The Kier molecular flexibility index (Phi) is 6.26. The molecule has 150 valence electrons. The van der Waals surface area contributed by atoms with Crippen molar-refractivity contribution in [1.82, 2.24) is 0 Å². The fraction of sp³-hybridized carbons (Fsp3) is 0.115. The molecule has 0 spiro atoms. The average Bonchev–Trinajstić information content (AvgIpc) is 3.35. The maximum atomic E-state index is 11.4. The Balaban J connectivity index is 1.63. The SMILES string of the molecule is COC(=O)CCc1ccc(N(c2ccccc2)c2ccc(-c3cccs3)cc2)cc1. The summed E-state index contributed by atoms with van der Waals surface area (Å²) < 4.78 is 4.74. The summed E-state index contributed by atoms with van der Waals surface area (Å²) in [4.78, 5) is 14.9. The smallest absolute Gasteiger partial charge is 0.305 e. The number of thiophene rings is 1. The van der Waals surface area contributed by atoms with Gasteiger partial charge in [-0.1, -0.05) is 48.5 Å². The molecule has 0 saturated heterocycles. The van der Waals surface area contributed by atoms with Crippen LogP contribution in [-0.4, -0.2) is 13.1 Å². The standard InChI is InChI=1S/C26H23NO2S/c1-29-26(28)18-11-20-9-14-23(15-10-20)27(22-6-3-2-4-7-22)24-16-12-21(13-17-24)25-8-5-19-30-25/h2-10,12-17,19H,11,18H2,1H3. The van der Waals surface area contributed by atoms with E-state index in [2.05, 4.69) is 83.1 Å². The number of hydrogen-bond acceptors (Lipinski definition) is 4. The van der Waals surface area contributed by atoms with Crippen LogP contribution in [0.5, 0.6) is 0 Å². The molecule has 30 heavy (non-hydrogen) atoms. The first-order valence-electron chi connectivity index (χ1n) is 9.89. The van der Waals surface area contributed by atoms with Crippen molar-refractivity contribution in [3.05, 3.63) is 102 Å². The Hall–Kier alpha value is -3.37. The van der Waals surface area contributed by atoms with Gasteiger partial charge in [-0.15, -0.1) is 11.3 Å². The summed E-state index contributed by atoms with van der Waals surface area (Å²) in [6.45, 7) is 0. The molecule has 0 N–H and O–H groups in total. The molecule has 0 radical (unpaired) electrons. The van der Waals surface area contributed by atoms with Crippen LogP contribution in [0.1, 0.15) is 12.0 Å². The van der Waals surface area contributed by atoms with Crippen molar-refractivity contribution in [2.75, 3.05) is 12.0 Å². The van der Waals surface area contributed by atoms with Gasteiger partial charge in [-0.2, -0.15) is 0 Å². The minimum atomic E-state index is -0.184. The number of carbonyl (C=O) groups excluding carboxylic acids is 1. The molecule has 0 unspecified atom stereocenters. The van der Waals surface area contributed by atoms with E-state index in [1.807, 2.05) is 18.2 Å². The molecule has 0 aliphatic heterocycles. The quantitative estimate of drug-likeness (QED) is 0.306. The number of aryl methyl sites for hydroxylation is 1. The van der Waals surface area contributed by atoms with Gasteiger partial charge in [-0.05, 0) is 65.4 Å². The fourth-order valence-corrected chi connectivity index (χ4v) is 4.14. The predicted octanol–water partition coefficient (Wildman–Crippen LogP) is 6.99. The van der Waals surface area contributed by atoms with Crippen LogP contribution in [0.15, 0.2) is 96.4 Å². The Morgan fingerprint density at radius 2 is 1.43 bits per heavy atom. The lowest BCUT2D eigenvalue weighted by Gasteiger charge is -2.25. The highest BCUT2D eigenvalue weighted by molar-refractivity contribution is 7.13. The van der Waals surface area contributed by atoms with Crippen LogP contribution in [0.4, 0.5) is 17.1 Å². The monoisotopic (exact) mass is 413 g/mol. The van der Waals surface area contributed by atoms with Gasteiger partial charge in [0.2, 0.25) is 0 Å². The average molecular weight is 414 g/mol. The molecule has 1 aromatic heterocycles. The van der Waals surface area contributed by atoms with E-state index in [1.54, 1.807) is 11.3 Å². The second-order valence-corrected chi connectivity index (χ2v) is 7.89. The van der Waals surface area contributed by atoms with E-state index in [9.17, 15) is 4.79 Å². The molecule has 4 aromatic rings. The van der Waals surface area contributed by atoms with Gasteiger partial charge in [0.1, 0.15) is 0 Å². The summed E-state index contributed by atoms with van der Waals surface area (Å²) in [6, 6.07) is 31.6. The third-order valence-electron chi connectivity index (χ3n) is 4.99. The highest BCUT2D eigenvalue weighted by Gasteiger charge is 2.13. The molecule has 0 saturated carbocycles. The topological polar surface area (TPSA) is 29.5 Å². The lowest BCUT2D eigenvalue weighted by atomic mass is 10.1. The van der Waals surface area contributed by atoms with Crippen LogP contribution in [0.2, 0.25) is 0 Å². The molecule has 0 atom stereocenters. The number of anilines is 3. The minimum absolute atomic E-state index is 0.184. The first kappa shape index (κ1) is 19.9. The van der Waals surface area contributed by atoms with Gasteiger partial charge in [0.05, 0.1) is 7.11 Å². The van der Waals surface area contributed by atoms with Gasteiger partial charge < -0.3 is 9.64 Å². The Labute approximate surface area is 181 Å². The van der Waals surface area contributed by atoms with E-state index < -0.39 is 0 Å². The van der Waals surface area contributed by atoms with E-state index in [4.69, 9.17) is 4.74 Å². The first-order chi connectivity index (χ1) is 14.7. The van der Waals surface area contributed by atoms with E-state index in [-0.39, 0.29) is 5.97 Å². The third-order valence-corrected chi connectivity index (χ3v) is 5.90. The molecule has 1 heterocycles. The number of methoxy groups -OCH3 is 1. The van der Waals surface area contributed by atoms with Crippen molar-refractivity contribution in [1.29, 1.82) is 0 Å². The molecular formula is C26H23NO2S. The summed E-state index contributed by atoms with van der Waals surface area (Å²) in [7, 11) is 1.42. The van der Waals surface area contributed by atoms with Gasteiger partial charge in [-0.25, -0.2) is 0 Å². The molecule has 0 fully saturated rings. The van der Waals surface area contributed by atoms with Crippen LogP contribution in [0, 0.1) is 0 Å². The summed E-state index contributed by atoms with van der Waals surface area (Å²) in [5.41, 5.74) is 5.62. The van der Waals surface area contributed by atoms with E-state index in [0.29, 0.717) is 12.8 Å². The number of ether oxygens (including phenoxy) is 1. The van der Waals surface area contributed by atoms with Crippen molar-refractivity contribution < 1.29 is 9.53 Å². The number of benzene rings is 3. The van der Waals surface area contributed by atoms with Crippen molar-refractivity contribution in [2.45, 2.75) is 12.8 Å².